The highest BCUT2D eigenvalue weighted by molar-refractivity contribution is 8.00. The number of nitrogens with zero attached hydrogens (tertiary/aromatic N) is 1. The van der Waals surface area contributed by atoms with E-state index in [-0.39, 0.29) is 18.4 Å². The van der Waals surface area contributed by atoms with Crippen LogP contribution < -0.4 is 0 Å². The van der Waals surface area contributed by atoms with Crippen LogP contribution in [0.5, 0.6) is 0 Å². The van der Waals surface area contributed by atoms with Gasteiger partial charge in [-0.15, -0.1) is 11.8 Å². The van der Waals surface area contributed by atoms with Crippen molar-refractivity contribution in [3.63, 3.8) is 0 Å². The molecule has 1 aliphatic rings. The summed E-state index contributed by atoms with van der Waals surface area (Å²) in [5.41, 5.74) is 0. The second-order valence-corrected chi connectivity index (χ2v) is 3.94. The summed E-state index contributed by atoms with van der Waals surface area (Å²) >= 11 is 1.33. The van der Waals surface area contributed by atoms with Crippen LogP contribution >= 0.6 is 11.8 Å². The fourth-order valence-electron chi connectivity index (χ4n) is 1.06. The fourth-order valence-corrected chi connectivity index (χ4v) is 1.83. The number of imide groups is 1. The van der Waals surface area contributed by atoms with Gasteiger partial charge in [0.25, 0.3) is 0 Å². The summed E-state index contributed by atoms with van der Waals surface area (Å²) in [5, 5.41) is 9.29. The van der Waals surface area contributed by atoms with Crippen molar-refractivity contribution >= 4 is 23.6 Å². The molecular weight excluding hydrogens is 190 g/mol. The van der Waals surface area contributed by atoms with Crippen LogP contribution in [0.15, 0.2) is 0 Å². The predicted octanol–water partition coefficient (Wildman–Crippen LogP) is -0.141. The van der Waals surface area contributed by atoms with E-state index in [1.165, 1.54) is 11.8 Å². The first-order valence-corrected chi connectivity index (χ1v) is 5.39. The van der Waals surface area contributed by atoms with Gasteiger partial charge in [0.2, 0.25) is 11.8 Å². The maximum atomic E-state index is 11.2. The fraction of sp³-hybridized carbons (Fsp3) is 0.750. The van der Waals surface area contributed by atoms with Gasteiger partial charge in [0.15, 0.2) is 0 Å². The SMILES string of the molecule is CCC(O)CN1C(=O)CSCC1=O. The summed E-state index contributed by atoms with van der Waals surface area (Å²) in [5.74, 6) is 0.326. The maximum absolute atomic E-state index is 11.2. The van der Waals surface area contributed by atoms with Crippen molar-refractivity contribution in [3.05, 3.63) is 0 Å². The molecule has 0 aliphatic carbocycles. The highest BCUT2D eigenvalue weighted by Crippen LogP contribution is 2.12. The van der Waals surface area contributed by atoms with Crippen molar-refractivity contribution in [1.82, 2.24) is 4.90 Å². The smallest absolute Gasteiger partial charge is 0.239 e. The zero-order chi connectivity index (χ0) is 9.84. The third-order valence-electron chi connectivity index (χ3n) is 1.92. The number of aliphatic hydroxyl groups excluding tert-OH is 1. The van der Waals surface area contributed by atoms with E-state index in [2.05, 4.69) is 0 Å². The molecule has 74 valence electrons. The van der Waals surface area contributed by atoms with Crippen molar-refractivity contribution in [3.8, 4) is 0 Å². The Morgan fingerprint density at radius 3 is 2.46 bits per heavy atom. The molecule has 1 aliphatic heterocycles. The molecule has 1 N–H and O–H groups in total. The normalized spacial score (nSPS) is 20.6. The molecule has 2 amide bonds. The molecule has 1 fully saturated rings. The van der Waals surface area contributed by atoms with Gasteiger partial charge in [-0.3, -0.25) is 14.5 Å². The van der Waals surface area contributed by atoms with Crippen LogP contribution in [0.1, 0.15) is 13.3 Å². The summed E-state index contributed by atoms with van der Waals surface area (Å²) in [4.78, 5) is 23.6. The number of carbonyl (C=O) groups excluding carboxylic acids is 2. The maximum Gasteiger partial charge on any atom is 0.239 e. The lowest BCUT2D eigenvalue weighted by molar-refractivity contribution is -0.143. The van der Waals surface area contributed by atoms with Gasteiger partial charge >= 0.3 is 0 Å². The van der Waals surface area contributed by atoms with Crippen LogP contribution in [0.2, 0.25) is 0 Å². The van der Waals surface area contributed by atoms with E-state index in [0.29, 0.717) is 17.9 Å². The van der Waals surface area contributed by atoms with E-state index in [4.69, 9.17) is 0 Å². The largest absolute Gasteiger partial charge is 0.391 e. The van der Waals surface area contributed by atoms with E-state index in [0.717, 1.165) is 4.90 Å². The zero-order valence-electron chi connectivity index (χ0n) is 7.52. The average Bonchev–Trinajstić information content (AvgIpc) is 2.11. The molecule has 0 saturated carbocycles. The third kappa shape index (κ3) is 2.70. The van der Waals surface area contributed by atoms with Gasteiger partial charge < -0.3 is 5.11 Å². The van der Waals surface area contributed by atoms with Gasteiger partial charge in [0.1, 0.15) is 0 Å². The van der Waals surface area contributed by atoms with Crippen molar-refractivity contribution < 1.29 is 14.7 Å². The van der Waals surface area contributed by atoms with Gasteiger partial charge in [-0.1, -0.05) is 6.92 Å². The lowest BCUT2D eigenvalue weighted by atomic mass is 10.2. The molecule has 1 saturated heterocycles. The molecule has 1 heterocycles. The second kappa shape index (κ2) is 4.62. The Kier molecular flexibility index (Phi) is 3.74. The van der Waals surface area contributed by atoms with Crippen molar-refractivity contribution in [2.24, 2.45) is 0 Å². The predicted molar refractivity (Wildman–Crippen MR) is 50.3 cm³/mol. The molecule has 5 heteroatoms. The summed E-state index contributed by atoms with van der Waals surface area (Å²) in [7, 11) is 0. The first kappa shape index (κ1) is 10.5. The lowest BCUT2D eigenvalue weighted by Gasteiger charge is -2.26. The van der Waals surface area contributed by atoms with Crippen LogP contribution in [0.3, 0.4) is 0 Å². The molecule has 13 heavy (non-hydrogen) atoms. The number of β-amino-alcohol motifs (C(OH)–C–C–N with tert-alkyl or cyclic N) is 1. The van der Waals surface area contributed by atoms with Crippen LogP contribution in [0.4, 0.5) is 0 Å². The Labute approximate surface area is 81.3 Å². The van der Waals surface area contributed by atoms with Crippen molar-refractivity contribution in [2.75, 3.05) is 18.1 Å². The van der Waals surface area contributed by atoms with Gasteiger partial charge in [0.05, 0.1) is 24.2 Å². The summed E-state index contributed by atoms with van der Waals surface area (Å²) in [6, 6.07) is 0. The lowest BCUT2D eigenvalue weighted by Crippen LogP contribution is -2.46. The molecule has 0 aromatic heterocycles. The van der Waals surface area contributed by atoms with E-state index >= 15 is 0 Å². The Bertz CT molecular complexity index is 203. The molecule has 1 unspecified atom stereocenters. The molecule has 4 nitrogen and oxygen atoms in total. The number of hydrogen-bond acceptors (Lipinski definition) is 4. The number of carbonyl (C=O) groups is 2. The first-order chi connectivity index (χ1) is 6.15. The monoisotopic (exact) mass is 203 g/mol. The van der Waals surface area contributed by atoms with Crippen LogP contribution in [0.25, 0.3) is 0 Å². The Hall–Kier alpha value is -0.550. The van der Waals surface area contributed by atoms with Gasteiger partial charge in [-0.2, -0.15) is 0 Å². The zero-order valence-corrected chi connectivity index (χ0v) is 8.34. The molecule has 0 radical (unpaired) electrons. The van der Waals surface area contributed by atoms with Crippen molar-refractivity contribution in [1.29, 1.82) is 0 Å². The minimum Gasteiger partial charge on any atom is -0.391 e. The highest BCUT2D eigenvalue weighted by atomic mass is 32.2. The minimum absolute atomic E-state index is 0.148. The molecule has 1 rings (SSSR count). The topological polar surface area (TPSA) is 57.6 Å². The Morgan fingerprint density at radius 1 is 1.46 bits per heavy atom. The minimum atomic E-state index is -0.587. The van der Waals surface area contributed by atoms with Gasteiger partial charge in [-0.25, -0.2) is 0 Å². The number of thioether (sulfide) groups is 1. The summed E-state index contributed by atoms with van der Waals surface area (Å²) < 4.78 is 0. The summed E-state index contributed by atoms with van der Waals surface area (Å²) in [6.45, 7) is 1.97. The van der Waals surface area contributed by atoms with Crippen molar-refractivity contribution in [2.45, 2.75) is 19.4 Å². The van der Waals surface area contributed by atoms with Crippen LogP contribution in [0, 0.1) is 0 Å². The molecule has 1 atom stereocenters. The van der Waals surface area contributed by atoms with E-state index in [9.17, 15) is 14.7 Å². The van der Waals surface area contributed by atoms with Gasteiger partial charge in [0, 0.05) is 0 Å². The highest BCUT2D eigenvalue weighted by Gasteiger charge is 2.27. The van der Waals surface area contributed by atoms with E-state index < -0.39 is 6.10 Å². The van der Waals surface area contributed by atoms with Crippen LogP contribution in [-0.4, -0.2) is 46.0 Å². The molecule has 0 spiro atoms. The number of hydrogen-bond donors (Lipinski definition) is 1. The third-order valence-corrected chi connectivity index (χ3v) is 2.82. The average molecular weight is 203 g/mol. The second-order valence-electron chi connectivity index (χ2n) is 2.95. The molecular formula is C8H13NO3S. The summed E-state index contributed by atoms with van der Waals surface area (Å²) in [6.07, 6.45) is -0.0273. The van der Waals surface area contributed by atoms with Gasteiger partial charge in [-0.05, 0) is 6.42 Å². The molecule has 0 aromatic carbocycles. The number of aliphatic hydroxyl groups is 1. The molecule has 0 bridgehead atoms. The van der Waals surface area contributed by atoms with E-state index in [1.807, 2.05) is 6.92 Å². The Balaban J connectivity index is 2.54. The quantitative estimate of drug-likeness (QED) is 0.649. The van der Waals surface area contributed by atoms with Crippen LogP contribution in [-0.2, 0) is 9.59 Å². The van der Waals surface area contributed by atoms with E-state index in [1.54, 1.807) is 0 Å². The first-order valence-electron chi connectivity index (χ1n) is 4.24. The Morgan fingerprint density at radius 2 is 2.00 bits per heavy atom. The number of amides is 2. The number of rotatable bonds is 3. The molecule has 0 aromatic rings. The standard InChI is InChI=1S/C8H13NO3S/c1-2-6(10)3-9-7(11)4-13-5-8(9)12/h6,10H,2-5H2,1H3.